The second-order valence-electron chi connectivity index (χ2n) is 7.40. The van der Waals surface area contributed by atoms with Gasteiger partial charge in [0.15, 0.2) is 9.84 Å². The van der Waals surface area contributed by atoms with E-state index < -0.39 is 15.9 Å². The van der Waals surface area contributed by atoms with Crippen molar-refractivity contribution in [1.29, 1.82) is 0 Å². The van der Waals surface area contributed by atoms with Crippen molar-refractivity contribution in [3.63, 3.8) is 0 Å². The van der Waals surface area contributed by atoms with Gasteiger partial charge >= 0.3 is 6.03 Å². The van der Waals surface area contributed by atoms with Gasteiger partial charge in [0.1, 0.15) is 6.04 Å². The number of carbonyl (C=O) groups is 2. The summed E-state index contributed by atoms with van der Waals surface area (Å²) in [4.78, 5) is 26.4. The molecule has 0 unspecified atom stereocenters. The number of urea groups is 1. The summed E-state index contributed by atoms with van der Waals surface area (Å²) >= 11 is 0. The molecule has 3 N–H and O–H groups in total. The van der Waals surface area contributed by atoms with Gasteiger partial charge in [-0.15, -0.1) is 0 Å². The van der Waals surface area contributed by atoms with E-state index in [4.69, 9.17) is 0 Å². The molecule has 1 fully saturated rings. The second kappa shape index (κ2) is 9.17. The van der Waals surface area contributed by atoms with Crippen LogP contribution in [0.5, 0.6) is 0 Å². The second-order valence-corrected chi connectivity index (χ2v) is 9.63. The summed E-state index contributed by atoms with van der Waals surface area (Å²) in [6, 6.07) is 14.9. The molecule has 0 aromatic heterocycles. The van der Waals surface area contributed by atoms with Crippen molar-refractivity contribution in [1.82, 2.24) is 4.90 Å². The first-order chi connectivity index (χ1) is 14.2. The first-order valence-corrected chi connectivity index (χ1v) is 11.5. The zero-order valence-corrected chi connectivity index (χ0v) is 17.8. The Labute approximate surface area is 176 Å². The fourth-order valence-electron chi connectivity index (χ4n) is 3.38. The van der Waals surface area contributed by atoms with Crippen LogP contribution in [-0.2, 0) is 14.6 Å². The van der Waals surface area contributed by atoms with Crippen molar-refractivity contribution in [2.75, 3.05) is 34.5 Å². The molecule has 9 heteroatoms. The molecule has 1 heterocycles. The summed E-state index contributed by atoms with van der Waals surface area (Å²) in [5.74, 6) is -0.0504. The molecular formula is C21H26N4O4S. The van der Waals surface area contributed by atoms with E-state index >= 15 is 0 Å². The van der Waals surface area contributed by atoms with Crippen LogP contribution in [0.3, 0.4) is 0 Å². The van der Waals surface area contributed by atoms with Gasteiger partial charge in [-0.25, -0.2) is 13.2 Å². The molecule has 3 amide bonds. The highest BCUT2D eigenvalue weighted by atomic mass is 32.2. The first-order valence-electron chi connectivity index (χ1n) is 9.70. The van der Waals surface area contributed by atoms with Crippen LogP contribution in [0.1, 0.15) is 13.3 Å². The molecule has 2 atom stereocenters. The van der Waals surface area contributed by atoms with Crippen molar-refractivity contribution in [2.45, 2.75) is 25.4 Å². The first kappa shape index (κ1) is 21.6. The van der Waals surface area contributed by atoms with E-state index in [1.165, 1.54) is 4.90 Å². The normalized spacial score (nSPS) is 18.3. The van der Waals surface area contributed by atoms with Gasteiger partial charge in [-0.2, -0.15) is 0 Å². The number of hydrogen-bond donors (Lipinski definition) is 3. The SMILES string of the molecule is C[C@H](Nc1cccc(NC(=O)Nc2ccccc2)c1)C(=O)N(C)[C@H]1CCS(=O)(=O)C1. The van der Waals surface area contributed by atoms with Crippen molar-refractivity contribution in [3.8, 4) is 0 Å². The maximum Gasteiger partial charge on any atom is 0.323 e. The molecule has 0 saturated carbocycles. The van der Waals surface area contributed by atoms with Crippen molar-refractivity contribution in [2.24, 2.45) is 0 Å². The molecule has 0 spiro atoms. The lowest BCUT2D eigenvalue weighted by Gasteiger charge is -2.27. The molecule has 2 aromatic rings. The molecule has 1 aliphatic heterocycles. The van der Waals surface area contributed by atoms with E-state index in [0.29, 0.717) is 23.5 Å². The summed E-state index contributed by atoms with van der Waals surface area (Å²) in [5.41, 5.74) is 1.92. The minimum Gasteiger partial charge on any atom is -0.374 e. The number of sulfone groups is 1. The molecule has 160 valence electrons. The topological polar surface area (TPSA) is 108 Å². The molecule has 8 nitrogen and oxygen atoms in total. The number of nitrogens with one attached hydrogen (secondary N) is 3. The van der Waals surface area contributed by atoms with E-state index in [1.54, 1.807) is 50.4 Å². The Kier molecular flexibility index (Phi) is 6.61. The van der Waals surface area contributed by atoms with Gasteiger partial charge in [0.2, 0.25) is 5.91 Å². The lowest BCUT2D eigenvalue weighted by Crippen LogP contribution is -2.45. The average Bonchev–Trinajstić information content (AvgIpc) is 3.07. The predicted molar refractivity (Wildman–Crippen MR) is 118 cm³/mol. The minimum atomic E-state index is -3.06. The number of nitrogens with zero attached hydrogens (tertiary/aromatic N) is 1. The van der Waals surface area contributed by atoms with E-state index in [9.17, 15) is 18.0 Å². The molecule has 30 heavy (non-hydrogen) atoms. The van der Waals surface area contributed by atoms with Gasteiger partial charge in [-0.05, 0) is 43.7 Å². The zero-order chi connectivity index (χ0) is 21.7. The molecule has 0 aliphatic carbocycles. The molecule has 0 bridgehead atoms. The number of amides is 3. The van der Waals surface area contributed by atoms with E-state index in [2.05, 4.69) is 16.0 Å². The highest BCUT2D eigenvalue weighted by molar-refractivity contribution is 7.91. The van der Waals surface area contributed by atoms with E-state index in [0.717, 1.165) is 0 Å². The zero-order valence-electron chi connectivity index (χ0n) is 17.0. The fourth-order valence-corrected chi connectivity index (χ4v) is 5.15. The maximum atomic E-state index is 12.7. The lowest BCUT2D eigenvalue weighted by molar-refractivity contribution is -0.132. The number of benzene rings is 2. The van der Waals surface area contributed by atoms with Crippen LogP contribution in [-0.4, -0.2) is 55.9 Å². The van der Waals surface area contributed by atoms with Crippen molar-refractivity contribution in [3.05, 3.63) is 54.6 Å². The summed E-state index contributed by atoms with van der Waals surface area (Å²) in [5, 5.41) is 8.62. The monoisotopic (exact) mass is 430 g/mol. The van der Waals surface area contributed by atoms with Gasteiger partial charge in [-0.1, -0.05) is 24.3 Å². The van der Waals surface area contributed by atoms with E-state index in [1.807, 2.05) is 18.2 Å². The summed E-state index contributed by atoms with van der Waals surface area (Å²) in [6.07, 6.45) is 0.466. The molecule has 1 aliphatic rings. The van der Waals surface area contributed by atoms with Gasteiger partial charge < -0.3 is 20.9 Å². The third kappa shape index (κ3) is 5.73. The van der Waals surface area contributed by atoms with Crippen LogP contribution in [0.25, 0.3) is 0 Å². The Bertz CT molecular complexity index is 1010. The highest BCUT2D eigenvalue weighted by Gasteiger charge is 2.34. The standard InChI is InChI=1S/C21H26N4O4S/c1-15(20(26)25(2)19-11-12-30(28,29)14-19)22-17-9-6-10-18(13-17)24-21(27)23-16-7-4-3-5-8-16/h3-10,13,15,19,22H,11-12,14H2,1-2H3,(H2,23,24,27)/t15-,19-/m0/s1. The Balaban J connectivity index is 1.57. The van der Waals surface area contributed by atoms with Crippen LogP contribution < -0.4 is 16.0 Å². The molecular weight excluding hydrogens is 404 g/mol. The number of hydrogen-bond acceptors (Lipinski definition) is 5. The Morgan fingerprint density at radius 2 is 1.63 bits per heavy atom. The molecule has 0 radical (unpaired) electrons. The summed E-state index contributed by atoms with van der Waals surface area (Å²) < 4.78 is 23.4. The van der Waals surface area contributed by atoms with Crippen LogP contribution in [0.15, 0.2) is 54.6 Å². The Morgan fingerprint density at radius 3 is 2.30 bits per heavy atom. The molecule has 1 saturated heterocycles. The van der Waals surface area contributed by atoms with Crippen molar-refractivity contribution >= 4 is 38.8 Å². The average molecular weight is 431 g/mol. The van der Waals surface area contributed by atoms with Gasteiger partial charge in [0, 0.05) is 30.2 Å². The number of likely N-dealkylation sites (N-methyl/N-ethyl adjacent to an activating group) is 1. The van der Waals surface area contributed by atoms with E-state index in [-0.39, 0.29) is 29.5 Å². The highest BCUT2D eigenvalue weighted by Crippen LogP contribution is 2.20. The van der Waals surface area contributed by atoms with Crippen LogP contribution in [0.4, 0.5) is 21.9 Å². The maximum absolute atomic E-state index is 12.7. The lowest BCUT2D eigenvalue weighted by atomic mass is 10.2. The fraction of sp³-hybridized carbons (Fsp3) is 0.333. The van der Waals surface area contributed by atoms with Crippen molar-refractivity contribution < 1.29 is 18.0 Å². The smallest absolute Gasteiger partial charge is 0.323 e. The third-order valence-electron chi connectivity index (χ3n) is 5.01. The van der Waals surface area contributed by atoms with Crippen LogP contribution in [0, 0.1) is 0 Å². The summed E-state index contributed by atoms with van der Waals surface area (Å²) in [7, 11) is -1.42. The number of rotatable bonds is 6. The van der Waals surface area contributed by atoms with Crippen LogP contribution >= 0.6 is 0 Å². The molecule has 3 rings (SSSR count). The van der Waals surface area contributed by atoms with Gasteiger partial charge in [0.25, 0.3) is 0 Å². The Morgan fingerprint density at radius 1 is 1.00 bits per heavy atom. The number of carbonyl (C=O) groups excluding carboxylic acids is 2. The quantitative estimate of drug-likeness (QED) is 0.653. The summed E-state index contributed by atoms with van der Waals surface area (Å²) in [6.45, 7) is 1.73. The Hall–Kier alpha value is -3.07. The number of anilines is 3. The van der Waals surface area contributed by atoms with Gasteiger partial charge in [-0.3, -0.25) is 4.79 Å². The van der Waals surface area contributed by atoms with Crippen LogP contribution in [0.2, 0.25) is 0 Å². The largest absolute Gasteiger partial charge is 0.374 e. The number of para-hydroxylation sites is 1. The minimum absolute atomic E-state index is 0.0118. The third-order valence-corrected chi connectivity index (χ3v) is 6.76. The van der Waals surface area contributed by atoms with Gasteiger partial charge in [0.05, 0.1) is 11.5 Å². The predicted octanol–water partition coefficient (Wildman–Crippen LogP) is 2.78. The molecule has 2 aromatic carbocycles.